The number of halogens is 3. The SMILES string of the molecule is Br.Oc1cccc([C@@]23CCC[C@@H](C2)N(CCc2ccc(Cl)cc2Cl)CC3)c1. The summed E-state index contributed by atoms with van der Waals surface area (Å²) in [6.07, 6.45) is 7.11. The lowest BCUT2D eigenvalue weighted by atomic mass is 9.63. The summed E-state index contributed by atoms with van der Waals surface area (Å²) < 4.78 is 0. The first-order valence-electron chi connectivity index (χ1n) is 9.53. The number of rotatable bonds is 4. The Labute approximate surface area is 182 Å². The number of benzene rings is 2. The van der Waals surface area contributed by atoms with E-state index in [1.54, 1.807) is 6.07 Å². The van der Waals surface area contributed by atoms with Crippen molar-refractivity contribution in [2.24, 2.45) is 0 Å². The molecule has 2 fully saturated rings. The van der Waals surface area contributed by atoms with Gasteiger partial charge in [0.25, 0.3) is 0 Å². The molecule has 0 spiro atoms. The highest BCUT2D eigenvalue weighted by molar-refractivity contribution is 8.93. The van der Waals surface area contributed by atoms with E-state index in [1.165, 1.54) is 43.2 Å². The van der Waals surface area contributed by atoms with Gasteiger partial charge in [-0.25, -0.2) is 0 Å². The Morgan fingerprint density at radius 1 is 1.11 bits per heavy atom. The number of hydrogen-bond donors (Lipinski definition) is 1. The summed E-state index contributed by atoms with van der Waals surface area (Å²) in [5.41, 5.74) is 2.75. The molecular formula is C22H26BrCl2NO. The zero-order valence-corrected chi connectivity index (χ0v) is 18.6. The third-order valence-corrected chi connectivity index (χ3v) is 6.94. The molecule has 146 valence electrons. The fraction of sp³-hybridized carbons (Fsp3) is 0.455. The molecule has 2 nitrogen and oxygen atoms in total. The zero-order chi connectivity index (χ0) is 18.1. The first kappa shape index (κ1) is 21.0. The van der Waals surface area contributed by atoms with Gasteiger partial charge < -0.3 is 5.11 Å². The van der Waals surface area contributed by atoms with Crippen LogP contribution in [0.15, 0.2) is 42.5 Å². The van der Waals surface area contributed by atoms with Gasteiger partial charge in [0, 0.05) is 22.6 Å². The van der Waals surface area contributed by atoms with Crippen molar-refractivity contribution >= 4 is 40.2 Å². The largest absolute Gasteiger partial charge is 0.508 e. The van der Waals surface area contributed by atoms with Crippen LogP contribution in [0.1, 0.15) is 43.2 Å². The van der Waals surface area contributed by atoms with Crippen LogP contribution in [-0.2, 0) is 11.8 Å². The molecule has 2 atom stereocenters. The molecule has 0 radical (unpaired) electrons. The quantitative estimate of drug-likeness (QED) is 0.558. The van der Waals surface area contributed by atoms with Crippen LogP contribution in [0, 0.1) is 0 Å². The Bertz CT molecular complexity index is 800. The van der Waals surface area contributed by atoms with Gasteiger partial charge in [0.2, 0.25) is 0 Å². The van der Waals surface area contributed by atoms with Crippen LogP contribution in [-0.4, -0.2) is 29.1 Å². The summed E-state index contributed by atoms with van der Waals surface area (Å²) in [6.45, 7) is 2.16. The molecule has 0 aromatic heterocycles. The maximum absolute atomic E-state index is 9.91. The Balaban J connectivity index is 0.00000210. The first-order valence-corrected chi connectivity index (χ1v) is 10.3. The summed E-state index contributed by atoms with van der Waals surface area (Å²) in [5.74, 6) is 0.388. The van der Waals surface area contributed by atoms with E-state index in [1.807, 2.05) is 30.3 Å². The van der Waals surface area contributed by atoms with Crippen LogP contribution in [0.2, 0.25) is 10.0 Å². The molecule has 1 aliphatic heterocycles. The number of fused-ring (bicyclic) bond motifs is 2. The van der Waals surface area contributed by atoms with Crippen molar-refractivity contribution in [3.63, 3.8) is 0 Å². The first-order chi connectivity index (χ1) is 12.6. The Morgan fingerprint density at radius 2 is 1.96 bits per heavy atom. The van der Waals surface area contributed by atoms with Gasteiger partial charge in [-0.3, -0.25) is 4.90 Å². The topological polar surface area (TPSA) is 23.5 Å². The molecule has 1 heterocycles. The molecule has 2 aliphatic rings. The second kappa shape index (κ2) is 8.73. The number of piperidine rings is 1. The van der Waals surface area contributed by atoms with E-state index in [0.29, 0.717) is 16.8 Å². The fourth-order valence-electron chi connectivity index (χ4n) is 4.94. The Kier molecular flexibility index (Phi) is 6.79. The third-order valence-electron chi connectivity index (χ3n) is 6.36. The molecule has 2 aromatic rings. The zero-order valence-electron chi connectivity index (χ0n) is 15.3. The molecule has 1 saturated carbocycles. The minimum Gasteiger partial charge on any atom is -0.508 e. The second-order valence-electron chi connectivity index (χ2n) is 7.85. The average molecular weight is 471 g/mol. The highest BCUT2D eigenvalue weighted by Crippen LogP contribution is 2.47. The van der Waals surface area contributed by atoms with Crippen molar-refractivity contribution in [3.05, 3.63) is 63.6 Å². The lowest BCUT2D eigenvalue weighted by molar-refractivity contribution is 0.0524. The maximum Gasteiger partial charge on any atom is 0.115 e. The van der Waals surface area contributed by atoms with Crippen molar-refractivity contribution < 1.29 is 5.11 Å². The van der Waals surface area contributed by atoms with Gasteiger partial charge in [-0.1, -0.05) is 47.8 Å². The van der Waals surface area contributed by atoms with Crippen LogP contribution in [0.5, 0.6) is 5.75 Å². The number of hydrogen-bond acceptors (Lipinski definition) is 2. The van der Waals surface area contributed by atoms with Crippen LogP contribution < -0.4 is 0 Å². The number of aromatic hydroxyl groups is 1. The van der Waals surface area contributed by atoms with Crippen molar-refractivity contribution in [2.75, 3.05) is 13.1 Å². The van der Waals surface area contributed by atoms with Crippen LogP contribution in [0.4, 0.5) is 0 Å². The van der Waals surface area contributed by atoms with E-state index in [4.69, 9.17) is 23.2 Å². The highest BCUT2D eigenvalue weighted by Gasteiger charge is 2.43. The Hall–Kier alpha value is -0.740. The summed E-state index contributed by atoms with van der Waals surface area (Å²) >= 11 is 12.3. The van der Waals surface area contributed by atoms with E-state index < -0.39 is 0 Å². The van der Waals surface area contributed by atoms with Crippen LogP contribution in [0.3, 0.4) is 0 Å². The predicted molar refractivity (Wildman–Crippen MR) is 119 cm³/mol. The minimum absolute atomic E-state index is 0. The van der Waals surface area contributed by atoms with Gasteiger partial charge in [-0.15, -0.1) is 17.0 Å². The van der Waals surface area contributed by atoms with Gasteiger partial charge in [-0.2, -0.15) is 0 Å². The molecule has 5 heteroatoms. The standard InChI is InChI=1S/C22H25Cl2NO.BrH/c23-18-7-6-16(21(24)14-18)8-11-25-12-10-22(9-2-4-19(25)15-22)17-3-1-5-20(26)13-17;/h1,3,5-7,13-14,19,26H,2,4,8-12,15H2;1H/t19-,22+;/m0./s1. The van der Waals surface area contributed by atoms with Crippen molar-refractivity contribution in [2.45, 2.75) is 50.0 Å². The van der Waals surface area contributed by atoms with Gasteiger partial charge in [0.05, 0.1) is 0 Å². The van der Waals surface area contributed by atoms with Crippen molar-refractivity contribution in [1.29, 1.82) is 0 Å². The smallest absolute Gasteiger partial charge is 0.115 e. The third kappa shape index (κ3) is 4.48. The van der Waals surface area contributed by atoms with E-state index in [9.17, 15) is 5.11 Å². The van der Waals surface area contributed by atoms with Crippen LogP contribution >= 0.6 is 40.2 Å². The molecule has 0 unspecified atom stereocenters. The van der Waals surface area contributed by atoms with E-state index >= 15 is 0 Å². The molecule has 2 aromatic carbocycles. The molecule has 4 rings (SSSR count). The summed E-state index contributed by atoms with van der Waals surface area (Å²) in [5, 5.41) is 11.4. The fourth-order valence-corrected chi connectivity index (χ4v) is 5.44. The summed E-state index contributed by atoms with van der Waals surface area (Å²) in [4.78, 5) is 2.64. The Morgan fingerprint density at radius 3 is 2.74 bits per heavy atom. The monoisotopic (exact) mass is 469 g/mol. The summed E-state index contributed by atoms with van der Waals surface area (Å²) in [7, 11) is 0. The van der Waals surface area contributed by atoms with Gasteiger partial charge >= 0.3 is 0 Å². The molecule has 1 N–H and O–H groups in total. The highest BCUT2D eigenvalue weighted by atomic mass is 79.9. The predicted octanol–water partition coefficient (Wildman–Crippen LogP) is 6.41. The summed E-state index contributed by atoms with van der Waals surface area (Å²) in [6, 6.07) is 14.4. The van der Waals surface area contributed by atoms with E-state index in [0.717, 1.165) is 24.5 Å². The lowest BCUT2D eigenvalue weighted by Gasteiger charge is -2.51. The number of phenolic OH excluding ortho intramolecular Hbond substituents is 1. The van der Waals surface area contributed by atoms with Gasteiger partial charge in [-0.05, 0) is 79.5 Å². The normalized spacial score (nSPS) is 25.0. The lowest BCUT2D eigenvalue weighted by Crippen LogP contribution is -2.52. The van der Waals surface area contributed by atoms with Crippen molar-refractivity contribution in [3.8, 4) is 5.75 Å². The van der Waals surface area contributed by atoms with Crippen LogP contribution in [0.25, 0.3) is 0 Å². The van der Waals surface area contributed by atoms with Gasteiger partial charge in [0.1, 0.15) is 5.75 Å². The molecule has 1 aliphatic carbocycles. The molecule has 1 saturated heterocycles. The van der Waals surface area contributed by atoms with Gasteiger partial charge in [0.15, 0.2) is 0 Å². The molecule has 27 heavy (non-hydrogen) atoms. The number of likely N-dealkylation sites (tertiary alicyclic amines) is 1. The minimum atomic E-state index is 0. The number of phenols is 1. The molecule has 2 bridgehead atoms. The van der Waals surface area contributed by atoms with Crippen molar-refractivity contribution in [1.82, 2.24) is 4.90 Å². The molecule has 0 amide bonds. The molecular weight excluding hydrogens is 445 g/mol. The maximum atomic E-state index is 9.91. The average Bonchev–Trinajstić information content (AvgIpc) is 2.63. The van der Waals surface area contributed by atoms with E-state index in [-0.39, 0.29) is 22.4 Å². The second-order valence-corrected chi connectivity index (χ2v) is 8.70. The number of nitrogens with zero attached hydrogens (tertiary/aromatic N) is 1. The van der Waals surface area contributed by atoms with E-state index in [2.05, 4.69) is 11.0 Å².